The van der Waals surface area contributed by atoms with Crippen molar-refractivity contribution in [3.63, 3.8) is 0 Å². The standard InChI is InChI=1S/C27H33N5O4Si/c1-17-13-22(35-3)23(19-9-10-31(24(17)19)26(33)34)27(2,29)25-30-20-14-18(15-28)7-8-21(20)32(25)16-36-11-12-37(4,5)6/h7-10,13-14H,11-12,16,29H2,1-6H3,(H,33,34). The molecule has 1 atom stereocenters. The summed E-state index contributed by atoms with van der Waals surface area (Å²) in [6.45, 7) is 11.4. The number of carboxylic acid groups (broad SMARTS) is 1. The Morgan fingerprint density at radius 1 is 1.27 bits per heavy atom. The minimum absolute atomic E-state index is 0.239. The fourth-order valence-corrected chi connectivity index (χ4v) is 5.49. The largest absolute Gasteiger partial charge is 0.496 e. The first kappa shape index (κ1) is 26.4. The van der Waals surface area contributed by atoms with Gasteiger partial charge in [0.25, 0.3) is 0 Å². The van der Waals surface area contributed by atoms with Gasteiger partial charge in [-0.1, -0.05) is 19.6 Å². The van der Waals surface area contributed by atoms with Gasteiger partial charge in [-0.05, 0) is 55.8 Å². The molecule has 0 amide bonds. The number of aryl methyl sites for hydroxylation is 1. The number of hydrogen-bond acceptors (Lipinski definition) is 6. The second kappa shape index (κ2) is 9.66. The Labute approximate surface area is 217 Å². The molecule has 0 aliphatic heterocycles. The van der Waals surface area contributed by atoms with Crippen molar-refractivity contribution in [2.24, 2.45) is 5.73 Å². The molecule has 4 aromatic rings. The second-order valence-corrected chi connectivity index (χ2v) is 16.4. The SMILES string of the molecule is COc1cc(C)c2c(ccn2C(=O)O)c1C(C)(N)c1nc2cc(C#N)ccc2n1COCC[Si](C)(C)C. The lowest BCUT2D eigenvalue weighted by atomic mass is 9.87. The summed E-state index contributed by atoms with van der Waals surface area (Å²) in [4.78, 5) is 16.8. The van der Waals surface area contributed by atoms with Gasteiger partial charge in [-0.3, -0.25) is 4.57 Å². The maximum atomic E-state index is 11.9. The minimum atomic E-state index is -1.28. The van der Waals surface area contributed by atoms with Crippen LogP contribution in [0.5, 0.6) is 5.75 Å². The predicted molar refractivity (Wildman–Crippen MR) is 146 cm³/mol. The molecule has 10 heteroatoms. The van der Waals surface area contributed by atoms with E-state index in [1.807, 2.05) is 24.5 Å². The summed E-state index contributed by atoms with van der Waals surface area (Å²) >= 11 is 0. The lowest BCUT2D eigenvalue weighted by molar-refractivity contribution is 0.0860. The quantitative estimate of drug-likeness (QED) is 0.241. The number of carbonyl (C=O) groups is 1. The molecule has 9 nitrogen and oxygen atoms in total. The lowest BCUT2D eigenvalue weighted by Gasteiger charge is -2.29. The molecule has 2 heterocycles. The highest BCUT2D eigenvalue weighted by Crippen LogP contribution is 2.41. The van der Waals surface area contributed by atoms with Crippen molar-refractivity contribution >= 4 is 36.1 Å². The predicted octanol–water partition coefficient (Wildman–Crippen LogP) is 5.24. The normalized spacial score (nSPS) is 13.6. The van der Waals surface area contributed by atoms with Crippen LogP contribution in [0, 0.1) is 18.3 Å². The summed E-state index contributed by atoms with van der Waals surface area (Å²) in [5.41, 5.74) is 9.75. The molecule has 0 saturated carbocycles. The number of benzene rings is 2. The number of nitriles is 1. The summed E-state index contributed by atoms with van der Waals surface area (Å²) in [5, 5.41) is 19.8. The number of hydrogen-bond donors (Lipinski definition) is 2. The Morgan fingerprint density at radius 2 is 2.00 bits per heavy atom. The van der Waals surface area contributed by atoms with Crippen molar-refractivity contribution in [2.45, 2.75) is 51.8 Å². The number of aromatic nitrogens is 3. The second-order valence-electron chi connectivity index (χ2n) is 10.7. The number of imidazole rings is 1. The van der Waals surface area contributed by atoms with Gasteiger partial charge >= 0.3 is 6.09 Å². The zero-order valence-corrected chi connectivity index (χ0v) is 23.1. The van der Waals surface area contributed by atoms with Crippen molar-refractivity contribution in [1.29, 1.82) is 5.26 Å². The van der Waals surface area contributed by atoms with Crippen LogP contribution >= 0.6 is 0 Å². The number of rotatable bonds is 8. The third-order valence-electron chi connectivity index (χ3n) is 6.63. The lowest BCUT2D eigenvalue weighted by Crippen LogP contribution is -2.38. The number of ether oxygens (including phenoxy) is 2. The van der Waals surface area contributed by atoms with Gasteiger partial charge in [0, 0.05) is 31.8 Å². The number of nitrogens with zero attached hydrogens (tertiary/aromatic N) is 4. The van der Waals surface area contributed by atoms with Crippen LogP contribution in [0.1, 0.15) is 29.4 Å². The molecule has 2 aromatic heterocycles. The zero-order valence-electron chi connectivity index (χ0n) is 22.1. The molecular formula is C27H33N5O4Si. The molecule has 0 spiro atoms. The Morgan fingerprint density at radius 3 is 2.62 bits per heavy atom. The first-order chi connectivity index (χ1) is 17.4. The maximum Gasteiger partial charge on any atom is 0.416 e. The highest BCUT2D eigenvalue weighted by atomic mass is 28.3. The first-order valence-electron chi connectivity index (χ1n) is 12.1. The molecule has 0 aliphatic rings. The molecule has 194 valence electrons. The molecule has 3 N–H and O–H groups in total. The summed E-state index contributed by atoms with van der Waals surface area (Å²) in [7, 11) is 0.285. The molecule has 1 unspecified atom stereocenters. The van der Waals surface area contributed by atoms with Gasteiger partial charge in [-0.25, -0.2) is 9.78 Å². The van der Waals surface area contributed by atoms with Crippen LogP contribution in [0.2, 0.25) is 25.7 Å². The Bertz CT molecular complexity index is 1540. The third-order valence-corrected chi connectivity index (χ3v) is 8.33. The van der Waals surface area contributed by atoms with Crippen LogP contribution in [0.25, 0.3) is 21.9 Å². The molecule has 0 fully saturated rings. The van der Waals surface area contributed by atoms with Crippen LogP contribution < -0.4 is 10.5 Å². The fourth-order valence-electron chi connectivity index (χ4n) is 4.73. The van der Waals surface area contributed by atoms with E-state index in [1.54, 1.807) is 31.4 Å². The molecule has 0 radical (unpaired) electrons. The summed E-state index contributed by atoms with van der Waals surface area (Å²) in [6.07, 6.45) is 0.431. The fraction of sp³-hybridized carbons (Fsp3) is 0.370. The van der Waals surface area contributed by atoms with Gasteiger partial charge < -0.3 is 24.9 Å². The van der Waals surface area contributed by atoms with E-state index in [9.17, 15) is 15.2 Å². The Hall–Kier alpha value is -3.65. The van der Waals surface area contributed by atoms with E-state index in [0.29, 0.717) is 45.7 Å². The van der Waals surface area contributed by atoms with Crippen molar-refractivity contribution in [1.82, 2.24) is 14.1 Å². The number of methoxy groups -OCH3 is 1. The summed E-state index contributed by atoms with van der Waals surface area (Å²) < 4.78 is 15.0. The van der Waals surface area contributed by atoms with E-state index in [4.69, 9.17) is 20.2 Å². The monoisotopic (exact) mass is 519 g/mol. The van der Waals surface area contributed by atoms with Gasteiger partial charge in [0.05, 0.1) is 35.3 Å². The van der Waals surface area contributed by atoms with Crippen molar-refractivity contribution in [3.05, 3.63) is 59.0 Å². The zero-order chi connectivity index (χ0) is 27.1. The van der Waals surface area contributed by atoms with E-state index in [0.717, 1.165) is 17.1 Å². The molecular weight excluding hydrogens is 486 g/mol. The average Bonchev–Trinajstić information content (AvgIpc) is 3.43. The smallest absolute Gasteiger partial charge is 0.416 e. The van der Waals surface area contributed by atoms with Crippen LogP contribution in [0.3, 0.4) is 0 Å². The van der Waals surface area contributed by atoms with Crippen LogP contribution in [0.4, 0.5) is 4.79 Å². The third kappa shape index (κ3) is 4.85. The van der Waals surface area contributed by atoms with Crippen LogP contribution in [-0.4, -0.2) is 47.1 Å². The van der Waals surface area contributed by atoms with Gasteiger partial charge in [0.15, 0.2) is 0 Å². The van der Waals surface area contributed by atoms with E-state index >= 15 is 0 Å². The highest BCUT2D eigenvalue weighted by Gasteiger charge is 2.36. The van der Waals surface area contributed by atoms with Crippen molar-refractivity contribution < 1.29 is 19.4 Å². The highest BCUT2D eigenvalue weighted by molar-refractivity contribution is 6.76. The topological polar surface area (TPSA) is 128 Å². The number of nitrogens with two attached hydrogens (primary N) is 1. The molecule has 0 bridgehead atoms. The van der Waals surface area contributed by atoms with Crippen molar-refractivity contribution in [3.8, 4) is 11.8 Å². The van der Waals surface area contributed by atoms with E-state index in [1.165, 1.54) is 10.8 Å². The first-order valence-corrected chi connectivity index (χ1v) is 15.8. The van der Waals surface area contributed by atoms with Gasteiger partial charge in [0.1, 0.15) is 23.8 Å². The molecule has 0 saturated heterocycles. The van der Waals surface area contributed by atoms with Gasteiger partial charge in [-0.15, -0.1) is 0 Å². The van der Waals surface area contributed by atoms with E-state index in [-0.39, 0.29) is 6.73 Å². The summed E-state index contributed by atoms with van der Waals surface area (Å²) in [6, 6.07) is 12.1. The van der Waals surface area contributed by atoms with E-state index in [2.05, 4.69) is 25.7 Å². The van der Waals surface area contributed by atoms with Gasteiger partial charge in [-0.2, -0.15) is 5.26 Å². The summed E-state index contributed by atoms with van der Waals surface area (Å²) in [5.74, 6) is 1.06. The molecule has 4 rings (SSSR count). The van der Waals surface area contributed by atoms with Crippen molar-refractivity contribution in [2.75, 3.05) is 13.7 Å². The maximum absolute atomic E-state index is 11.9. The number of fused-ring (bicyclic) bond motifs is 2. The van der Waals surface area contributed by atoms with Crippen LogP contribution in [0.15, 0.2) is 36.5 Å². The van der Waals surface area contributed by atoms with Gasteiger partial charge in [0.2, 0.25) is 0 Å². The molecule has 37 heavy (non-hydrogen) atoms. The Kier molecular flexibility index (Phi) is 6.90. The minimum Gasteiger partial charge on any atom is -0.496 e. The average molecular weight is 520 g/mol. The van der Waals surface area contributed by atoms with E-state index < -0.39 is 19.7 Å². The molecule has 2 aromatic carbocycles. The molecule has 0 aliphatic carbocycles. The van der Waals surface area contributed by atoms with Crippen LogP contribution in [-0.2, 0) is 17.0 Å². The Balaban J connectivity index is 1.93.